The molecule has 5 heteroatoms. The van der Waals surface area contributed by atoms with Crippen molar-refractivity contribution in [2.45, 2.75) is 37.8 Å². The molecule has 138 valence electrons. The molecule has 1 heterocycles. The Morgan fingerprint density at radius 3 is 2.56 bits per heavy atom. The number of likely N-dealkylation sites (N-methyl/N-ethyl adjacent to an activating group) is 1. The summed E-state index contributed by atoms with van der Waals surface area (Å²) in [7, 11) is 2.04. The van der Waals surface area contributed by atoms with Crippen LogP contribution in [-0.4, -0.2) is 66.6 Å². The van der Waals surface area contributed by atoms with Gasteiger partial charge in [0.2, 0.25) is 5.91 Å². The van der Waals surface area contributed by atoms with Crippen molar-refractivity contribution in [3.63, 3.8) is 0 Å². The zero-order valence-electron chi connectivity index (χ0n) is 15.2. The Hall–Kier alpha value is -1.43. The number of amides is 1. The van der Waals surface area contributed by atoms with Gasteiger partial charge in [-0.3, -0.25) is 9.69 Å². The molecule has 25 heavy (non-hydrogen) atoms. The Morgan fingerprint density at radius 2 is 1.92 bits per heavy atom. The van der Waals surface area contributed by atoms with Crippen LogP contribution in [0.4, 0.5) is 0 Å². The van der Waals surface area contributed by atoms with E-state index in [1.165, 1.54) is 0 Å². The van der Waals surface area contributed by atoms with Crippen LogP contribution in [0, 0.1) is 5.92 Å². The van der Waals surface area contributed by atoms with Crippen LogP contribution < -0.4 is 5.32 Å². The number of piperidine rings is 1. The Morgan fingerprint density at radius 1 is 1.24 bits per heavy atom. The maximum absolute atomic E-state index is 11.9. The van der Waals surface area contributed by atoms with E-state index in [0.29, 0.717) is 25.0 Å². The summed E-state index contributed by atoms with van der Waals surface area (Å²) in [6.45, 7) is 4.24. The van der Waals surface area contributed by atoms with Gasteiger partial charge in [0.15, 0.2) is 0 Å². The zero-order chi connectivity index (χ0) is 17.6. The van der Waals surface area contributed by atoms with Crippen LogP contribution in [0.3, 0.4) is 0 Å². The summed E-state index contributed by atoms with van der Waals surface area (Å²) >= 11 is 0. The van der Waals surface area contributed by atoms with E-state index >= 15 is 0 Å². The highest BCUT2D eigenvalue weighted by molar-refractivity contribution is 5.78. The second-order valence-corrected chi connectivity index (χ2v) is 7.71. The highest BCUT2D eigenvalue weighted by Crippen LogP contribution is 2.21. The third kappa shape index (κ3) is 6.10. The monoisotopic (exact) mass is 345 g/mol. The highest BCUT2D eigenvalue weighted by Gasteiger charge is 2.25. The number of likely N-dealkylation sites (tertiary alicyclic amines) is 1. The molecular formula is C20H31N3O2. The number of benzene rings is 1. The van der Waals surface area contributed by atoms with Gasteiger partial charge in [0.25, 0.3) is 0 Å². The molecule has 2 aliphatic rings. The van der Waals surface area contributed by atoms with Crippen molar-refractivity contribution in [3.05, 3.63) is 35.9 Å². The first-order valence-corrected chi connectivity index (χ1v) is 9.53. The molecule has 1 aromatic rings. The summed E-state index contributed by atoms with van der Waals surface area (Å²) in [6, 6.07) is 10.3. The molecule has 1 saturated carbocycles. The zero-order valence-corrected chi connectivity index (χ0v) is 15.2. The van der Waals surface area contributed by atoms with Gasteiger partial charge in [0, 0.05) is 19.1 Å². The van der Waals surface area contributed by atoms with Gasteiger partial charge in [-0.1, -0.05) is 30.3 Å². The molecule has 1 unspecified atom stereocenters. The van der Waals surface area contributed by atoms with E-state index in [0.717, 1.165) is 50.9 Å². The van der Waals surface area contributed by atoms with E-state index in [9.17, 15) is 9.90 Å². The minimum atomic E-state index is -0.411. The molecule has 3 rings (SSSR count). The van der Waals surface area contributed by atoms with Crippen LogP contribution in [0.25, 0.3) is 0 Å². The van der Waals surface area contributed by atoms with Crippen LogP contribution in [-0.2, 0) is 4.79 Å². The lowest BCUT2D eigenvalue weighted by Crippen LogP contribution is -2.42. The topological polar surface area (TPSA) is 55.8 Å². The van der Waals surface area contributed by atoms with Crippen LogP contribution in [0.15, 0.2) is 30.3 Å². The number of hydrogen-bond donors (Lipinski definition) is 2. The number of rotatable bonds is 8. The standard InChI is InChI=1S/C20H31N3O2/c1-22(15-20(25)21-18-7-8-18)13-16-9-11-23(12-10-16)14-19(24)17-5-3-2-4-6-17/h2-6,16,18-19,24H,7-15H2,1H3,(H,21,25). The largest absolute Gasteiger partial charge is 0.387 e. The van der Waals surface area contributed by atoms with Gasteiger partial charge in [-0.15, -0.1) is 0 Å². The molecule has 0 radical (unpaired) electrons. The molecule has 5 nitrogen and oxygen atoms in total. The van der Waals surface area contributed by atoms with Crippen molar-refractivity contribution in [3.8, 4) is 0 Å². The second kappa shape index (κ2) is 8.79. The van der Waals surface area contributed by atoms with Crippen LogP contribution in [0.1, 0.15) is 37.4 Å². The number of nitrogens with zero attached hydrogens (tertiary/aromatic N) is 2. The van der Waals surface area contributed by atoms with Gasteiger partial charge in [-0.05, 0) is 57.3 Å². The molecule has 2 N–H and O–H groups in total. The Bertz CT molecular complexity index is 539. The maximum atomic E-state index is 11.9. The first kappa shape index (κ1) is 18.4. The van der Waals surface area contributed by atoms with Crippen LogP contribution in [0.2, 0.25) is 0 Å². The molecule has 0 aromatic heterocycles. The van der Waals surface area contributed by atoms with E-state index in [4.69, 9.17) is 0 Å². The molecular weight excluding hydrogens is 314 g/mol. The molecule has 0 spiro atoms. The van der Waals surface area contributed by atoms with Crippen molar-refractivity contribution >= 4 is 5.91 Å². The second-order valence-electron chi connectivity index (χ2n) is 7.71. The number of hydrogen-bond acceptors (Lipinski definition) is 4. The summed E-state index contributed by atoms with van der Waals surface area (Å²) in [6.07, 6.45) is 4.14. The number of nitrogens with one attached hydrogen (secondary N) is 1. The minimum absolute atomic E-state index is 0.161. The van der Waals surface area contributed by atoms with Crippen LogP contribution >= 0.6 is 0 Å². The summed E-state index contributed by atoms with van der Waals surface area (Å²) in [5.41, 5.74) is 0.992. The smallest absolute Gasteiger partial charge is 0.234 e. The van der Waals surface area contributed by atoms with Crippen molar-refractivity contribution in [1.29, 1.82) is 0 Å². The molecule has 1 amide bonds. The molecule has 1 aliphatic heterocycles. The predicted octanol–water partition coefficient (Wildman–Crippen LogP) is 1.64. The number of aliphatic hydroxyl groups is 1. The molecule has 1 atom stereocenters. The van der Waals surface area contributed by atoms with Gasteiger partial charge < -0.3 is 15.3 Å². The third-order valence-electron chi connectivity index (χ3n) is 5.25. The predicted molar refractivity (Wildman–Crippen MR) is 99.2 cm³/mol. The number of aliphatic hydroxyl groups excluding tert-OH is 1. The van der Waals surface area contributed by atoms with E-state index in [1.807, 2.05) is 37.4 Å². The maximum Gasteiger partial charge on any atom is 0.234 e. The van der Waals surface area contributed by atoms with E-state index in [-0.39, 0.29) is 5.91 Å². The number of carbonyl (C=O) groups is 1. The normalized spacial score (nSPS) is 20.6. The molecule has 1 aliphatic carbocycles. The van der Waals surface area contributed by atoms with Gasteiger partial charge in [-0.25, -0.2) is 0 Å². The van der Waals surface area contributed by atoms with Gasteiger partial charge in [0.05, 0.1) is 12.6 Å². The fraction of sp³-hybridized carbons (Fsp3) is 0.650. The molecule has 0 bridgehead atoms. The van der Waals surface area contributed by atoms with Gasteiger partial charge in [0.1, 0.15) is 0 Å². The lowest BCUT2D eigenvalue weighted by Gasteiger charge is -2.34. The van der Waals surface area contributed by atoms with Crippen molar-refractivity contribution in [2.24, 2.45) is 5.92 Å². The fourth-order valence-electron chi connectivity index (χ4n) is 3.63. The fourth-order valence-corrected chi connectivity index (χ4v) is 3.63. The van der Waals surface area contributed by atoms with Crippen molar-refractivity contribution < 1.29 is 9.90 Å². The summed E-state index contributed by atoms with van der Waals surface area (Å²) < 4.78 is 0. The number of carbonyl (C=O) groups excluding carboxylic acids is 1. The number of β-amino-alcohol motifs (C(OH)–C–C–N with tert-alkyl or cyclic N) is 1. The van der Waals surface area contributed by atoms with E-state index in [2.05, 4.69) is 15.1 Å². The average Bonchev–Trinajstić information content (AvgIpc) is 3.41. The van der Waals surface area contributed by atoms with Gasteiger partial charge >= 0.3 is 0 Å². The van der Waals surface area contributed by atoms with E-state index in [1.54, 1.807) is 0 Å². The first-order valence-electron chi connectivity index (χ1n) is 9.53. The SMILES string of the molecule is CN(CC(=O)NC1CC1)CC1CCN(CC(O)c2ccccc2)CC1. The lowest BCUT2D eigenvalue weighted by atomic mass is 9.95. The van der Waals surface area contributed by atoms with Crippen LogP contribution in [0.5, 0.6) is 0 Å². The summed E-state index contributed by atoms with van der Waals surface area (Å²) in [4.78, 5) is 16.4. The molecule has 1 saturated heterocycles. The Labute approximate surface area is 151 Å². The molecule has 1 aromatic carbocycles. The minimum Gasteiger partial charge on any atom is -0.387 e. The van der Waals surface area contributed by atoms with E-state index < -0.39 is 6.10 Å². The first-order chi connectivity index (χ1) is 12.1. The van der Waals surface area contributed by atoms with Gasteiger partial charge in [-0.2, -0.15) is 0 Å². The van der Waals surface area contributed by atoms with Crippen molar-refractivity contribution in [1.82, 2.24) is 15.1 Å². The summed E-state index contributed by atoms with van der Waals surface area (Å²) in [5.74, 6) is 0.803. The van der Waals surface area contributed by atoms with Crippen molar-refractivity contribution in [2.75, 3.05) is 39.8 Å². The quantitative estimate of drug-likeness (QED) is 0.752. The lowest BCUT2D eigenvalue weighted by molar-refractivity contribution is -0.122. The Balaban J connectivity index is 1.34. The average molecular weight is 345 g/mol. The molecule has 2 fully saturated rings. The highest BCUT2D eigenvalue weighted by atomic mass is 16.3. The summed E-state index contributed by atoms with van der Waals surface area (Å²) in [5, 5.41) is 13.4. The Kier molecular flexibility index (Phi) is 6.45. The third-order valence-corrected chi connectivity index (χ3v) is 5.25.